The van der Waals surface area contributed by atoms with Crippen molar-refractivity contribution >= 4 is 28.8 Å². The number of nitrogens with zero attached hydrogens (tertiary/aromatic N) is 1. The zero-order chi connectivity index (χ0) is 14.4. The molecule has 0 unspecified atom stereocenters. The Labute approximate surface area is 121 Å². The number of nitro benzene ring substituents is 1. The predicted molar refractivity (Wildman–Crippen MR) is 83.2 cm³/mol. The maximum Gasteiger partial charge on any atom is 0.292 e. The molecule has 0 spiro atoms. The van der Waals surface area contributed by atoms with Gasteiger partial charge in [0.25, 0.3) is 5.69 Å². The molecule has 5 nitrogen and oxygen atoms in total. The van der Waals surface area contributed by atoms with Crippen molar-refractivity contribution in [2.45, 2.75) is 4.90 Å². The van der Waals surface area contributed by atoms with Crippen LogP contribution in [0.2, 0.25) is 0 Å². The van der Waals surface area contributed by atoms with Crippen molar-refractivity contribution in [3.8, 4) is 0 Å². The molecule has 0 aliphatic carbocycles. The fourth-order valence-corrected chi connectivity index (χ4v) is 2.50. The average molecular weight is 289 g/mol. The van der Waals surface area contributed by atoms with Gasteiger partial charge in [-0.1, -0.05) is 18.2 Å². The second-order valence-corrected chi connectivity index (χ2v) is 5.29. The Morgan fingerprint density at radius 2 is 1.95 bits per heavy atom. The molecule has 20 heavy (non-hydrogen) atoms. The first-order valence-electron chi connectivity index (χ1n) is 6.12. The van der Waals surface area contributed by atoms with Crippen molar-refractivity contribution in [3.05, 3.63) is 58.6 Å². The number of nitrogens with one attached hydrogen (secondary N) is 1. The van der Waals surface area contributed by atoms with Gasteiger partial charge < -0.3 is 11.1 Å². The maximum atomic E-state index is 10.7. The number of nitrogens with two attached hydrogens (primary N) is 1. The van der Waals surface area contributed by atoms with E-state index in [0.717, 1.165) is 18.0 Å². The minimum absolute atomic E-state index is 0.0609. The summed E-state index contributed by atoms with van der Waals surface area (Å²) >= 11 is 1.75. The lowest BCUT2D eigenvalue weighted by molar-refractivity contribution is -0.383. The third kappa shape index (κ3) is 3.89. The number of anilines is 2. The normalized spacial score (nSPS) is 10.2. The summed E-state index contributed by atoms with van der Waals surface area (Å²) in [4.78, 5) is 11.4. The van der Waals surface area contributed by atoms with Gasteiger partial charge >= 0.3 is 0 Å². The van der Waals surface area contributed by atoms with Crippen molar-refractivity contribution in [1.29, 1.82) is 0 Å². The van der Waals surface area contributed by atoms with E-state index in [-0.39, 0.29) is 11.4 Å². The second-order valence-electron chi connectivity index (χ2n) is 4.12. The fraction of sp³-hybridized carbons (Fsp3) is 0.143. The second kappa shape index (κ2) is 6.81. The van der Waals surface area contributed by atoms with Crippen molar-refractivity contribution in [2.75, 3.05) is 23.3 Å². The Bertz CT molecular complexity index is 590. The summed E-state index contributed by atoms with van der Waals surface area (Å²) in [5.41, 5.74) is 6.54. The van der Waals surface area contributed by atoms with Crippen LogP contribution in [0.3, 0.4) is 0 Å². The van der Waals surface area contributed by atoms with Gasteiger partial charge in [0.05, 0.1) is 4.92 Å². The number of thioether (sulfide) groups is 1. The van der Waals surface area contributed by atoms with Crippen molar-refractivity contribution < 1.29 is 4.92 Å². The summed E-state index contributed by atoms with van der Waals surface area (Å²) in [5.74, 6) is 0.904. The summed E-state index contributed by atoms with van der Waals surface area (Å²) in [7, 11) is 0. The Balaban J connectivity index is 1.83. The number of nitrogen functional groups attached to an aromatic ring is 1. The van der Waals surface area contributed by atoms with E-state index in [1.165, 1.54) is 11.0 Å². The third-order valence-electron chi connectivity index (χ3n) is 2.67. The standard InChI is InChI=1S/C14H15N3O2S/c15-13-10-11(6-7-14(13)17(18)19)16-8-9-20-12-4-2-1-3-5-12/h1-7,10,16H,8-9,15H2. The van der Waals surface area contributed by atoms with Gasteiger partial charge in [-0.15, -0.1) is 11.8 Å². The molecule has 0 amide bonds. The molecule has 3 N–H and O–H groups in total. The molecule has 0 radical (unpaired) electrons. The van der Waals surface area contributed by atoms with Crippen LogP contribution in [0.1, 0.15) is 0 Å². The summed E-state index contributed by atoms with van der Waals surface area (Å²) in [6, 6.07) is 14.8. The lowest BCUT2D eigenvalue weighted by Crippen LogP contribution is -2.05. The first-order valence-corrected chi connectivity index (χ1v) is 7.11. The van der Waals surface area contributed by atoms with Crippen LogP contribution in [0, 0.1) is 10.1 Å². The largest absolute Gasteiger partial charge is 0.393 e. The molecule has 0 aliphatic heterocycles. The van der Waals surface area contributed by atoms with Crippen LogP contribution >= 0.6 is 11.8 Å². The Morgan fingerprint density at radius 1 is 1.20 bits per heavy atom. The van der Waals surface area contributed by atoms with E-state index in [9.17, 15) is 10.1 Å². The van der Waals surface area contributed by atoms with E-state index < -0.39 is 4.92 Å². The number of hydrogen-bond donors (Lipinski definition) is 2. The molecule has 0 heterocycles. The minimum Gasteiger partial charge on any atom is -0.393 e. The van der Waals surface area contributed by atoms with E-state index in [4.69, 9.17) is 5.73 Å². The number of hydrogen-bond acceptors (Lipinski definition) is 5. The molecule has 2 aromatic rings. The van der Waals surface area contributed by atoms with Gasteiger partial charge in [0.1, 0.15) is 5.69 Å². The first kappa shape index (κ1) is 14.2. The SMILES string of the molecule is Nc1cc(NCCSc2ccccc2)ccc1[N+](=O)[O-]. The highest BCUT2D eigenvalue weighted by molar-refractivity contribution is 7.99. The van der Waals surface area contributed by atoms with Crippen LogP contribution in [-0.4, -0.2) is 17.2 Å². The van der Waals surface area contributed by atoms with Crippen LogP contribution in [0.25, 0.3) is 0 Å². The van der Waals surface area contributed by atoms with Crippen LogP contribution in [0.15, 0.2) is 53.4 Å². The van der Waals surface area contributed by atoms with E-state index in [1.54, 1.807) is 23.9 Å². The van der Waals surface area contributed by atoms with Gasteiger partial charge in [-0.2, -0.15) is 0 Å². The fourth-order valence-electron chi connectivity index (χ4n) is 1.71. The van der Waals surface area contributed by atoms with E-state index >= 15 is 0 Å². The van der Waals surface area contributed by atoms with Crippen LogP contribution in [-0.2, 0) is 0 Å². The van der Waals surface area contributed by atoms with Crippen molar-refractivity contribution in [3.63, 3.8) is 0 Å². The number of benzene rings is 2. The molecular formula is C14H15N3O2S. The highest BCUT2D eigenvalue weighted by Gasteiger charge is 2.10. The van der Waals surface area contributed by atoms with E-state index in [2.05, 4.69) is 17.4 Å². The molecule has 6 heteroatoms. The smallest absolute Gasteiger partial charge is 0.292 e. The first-order chi connectivity index (χ1) is 9.66. The van der Waals surface area contributed by atoms with Gasteiger partial charge in [0.2, 0.25) is 0 Å². The molecule has 2 rings (SSSR count). The van der Waals surface area contributed by atoms with E-state index in [1.807, 2.05) is 18.2 Å². The average Bonchev–Trinajstić information content (AvgIpc) is 2.44. The lowest BCUT2D eigenvalue weighted by Gasteiger charge is -2.07. The molecule has 2 aromatic carbocycles. The molecule has 104 valence electrons. The summed E-state index contributed by atoms with van der Waals surface area (Å²) in [5, 5.41) is 13.9. The Hall–Kier alpha value is -2.21. The van der Waals surface area contributed by atoms with Gasteiger partial charge in [-0.05, 0) is 24.3 Å². The van der Waals surface area contributed by atoms with E-state index in [0.29, 0.717) is 0 Å². The van der Waals surface area contributed by atoms with Crippen LogP contribution in [0.5, 0.6) is 0 Å². The van der Waals surface area contributed by atoms with Gasteiger partial charge in [0, 0.05) is 28.9 Å². The summed E-state index contributed by atoms with van der Waals surface area (Å²) in [6.07, 6.45) is 0. The molecule has 0 bridgehead atoms. The zero-order valence-corrected chi connectivity index (χ0v) is 11.6. The third-order valence-corrected chi connectivity index (χ3v) is 3.68. The lowest BCUT2D eigenvalue weighted by atomic mass is 10.2. The minimum atomic E-state index is -0.482. The van der Waals surface area contributed by atoms with Gasteiger partial charge in [-0.3, -0.25) is 10.1 Å². The van der Waals surface area contributed by atoms with Crippen LogP contribution in [0.4, 0.5) is 17.1 Å². The highest BCUT2D eigenvalue weighted by Crippen LogP contribution is 2.24. The summed E-state index contributed by atoms with van der Waals surface area (Å²) in [6.45, 7) is 0.761. The summed E-state index contributed by atoms with van der Waals surface area (Å²) < 4.78 is 0. The topological polar surface area (TPSA) is 81.2 Å². The zero-order valence-electron chi connectivity index (χ0n) is 10.8. The quantitative estimate of drug-likeness (QED) is 0.280. The number of rotatable bonds is 6. The Morgan fingerprint density at radius 3 is 2.60 bits per heavy atom. The van der Waals surface area contributed by atoms with Gasteiger partial charge in [0.15, 0.2) is 0 Å². The molecule has 0 fully saturated rings. The molecule has 0 aliphatic rings. The van der Waals surface area contributed by atoms with Crippen LogP contribution < -0.4 is 11.1 Å². The Kier molecular flexibility index (Phi) is 4.84. The monoisotopic (exact) mass is 289 g/mol. The van der Waals surface area contributed by atoms with Gasteiger partial charge in [-0.25, -0.2) is 0 Å². The predicted octanol–water partition coefficient (Wildman–Crippen LogP) is 3.38. The molecule has 0 saturated heterocycles. The maximum absolute atomic E-state index is 10.7. The molecular weight excluding hydrogens is 274 g/mol. The molecule has 0 saturated carbocycles. The molecule has 0 atom stereocenters. The molecule has 0 aromatic heterocycles. The van der Waals surface area contributed by atoms with Crippen molar-refractivity contribution in [2.24, 2.45) is 0 Å². The highest BCUT2D eigenvalue weighted by atomic mass is 32.2. The number of nitro groups is 1. The van der Waals surface area contributed by atoms with Crippen molar-refractivity contribution in [1.82, 2.24) is 0 Å².